The number of hydrogen-bond donors (Lipinski definition) is 0. The molecule has 3 nitrogen and oxygen atoms in total. The van der Waals surface area contributed by atoms with Crippen LogP contribution in [-0.4, -0.2) is 11.9 Å². The summed E-state index contributed by atoms with van der Waals surface area (Å²) in [5, 5.41) is 2.75. The highest BCUT2D eigenvalue weighted by molar-refractivity contribution is 6.34. The van der Waals surface area contributed by atoms with Gasteiger partial charge < -0.3 is 4.74 Å². The SMILES string of the molecule is O=C1OC(c2ccccc2Cl)=N/C1=C/c1ccc2ccccc2c1. The summed E-state index contributed by atoms with van der Waals surface area (Å²) in [6.45, 7) is 0. The normalized spacial score (nSPS) is 15.6. The molecule has 0 aliphatic carbocycles. The Balaban J connectivity index is 1.73. The van der Waals surface area contributed by atoms with Crippen molar-refractivity contribution < 1.29 is 9.53 Å². The topological polar surface area (TPSA) is 38.7 Å². The van der Waals surface area contributed by atoms with Crippen LogP contribution in [0.15, 0.2) is 77.4 Å². The molecule has 4 rings (SSSR count). The third kappa shape index (κ3) is 2.70. The van der Waals surface area contributed by atoms with Crippen LogP contribution in [0.25, 0.3) is 16.8 Å². The molecule has 4 heteroatoms. The Morgan fingerprint density at radius 3 is 2.50 bits per heavy atom. The summed E-state index contributed by atoms with van der Waals surface area (Å²) in [4.78, 5) is 16.4. The molecule has 0 saturated heterocycles. The molecule has 0 N–H and O–H groups in total. The molecule has 3 aromatic rings. The van der Waals surface area contributed by atoms with E-state index in [1.54, 1.807) is 18.2 Å². The van der Waals surface area contributed by atoms with Crippen LogP contribution in [0.1, 0.15) is 11.1 Å². The van der Waals surface area contributed by atoms with Gasteiger partial charge in [0.05, 0.1) is 10.6 Å². The van der Waals surface area contributed by atoms with Crippen molar-refractivity contribution in [3.63, 3.8) is 0 Å². The van der Waals surface area contributed by atoms with Crippen LogP contribution in [0.4, 0.5) is 0 Å². The van der Waals surface area contributed by atoms with Crippen LogP contribution >= 0.6 is 11.6 Å². The number of carbonyl (C=O) groups is 1. The van der Waals surface area contributed by atoms with Gasteiger partial charge >= 0.3 is 5.97 Å². The lowest BCUT2D eigenvalue weighted by molar-refractivity contribution is -0.129. The fourth-order valence-corrected chi connectivity index (χ4v) is 2.83. The fourth-order valence-electron chi connectivity index (χ4n) is 2.61. The third-order valence-electron chi connectivity index (χ3n) is 3.80. The second-order valence-corrected chi connectivity index (χ2v) is 5.83. The van der Waals surface area contributed by atoms with Crippen LogP contribution in [0.2, 0.25) is 5.02 Å². The van der Waals surface area contributed by atoms with E-state index in [-0.39, 0.29) is 11.6 Å². The molecule has 1 aliphatic rings. The molecule has 0 amide bonds. The molecule has 0 unspecified atom stereocenters. The van der Waals surface area contributed by atoms with Gasteiger partial charge in [-0.05, 0) is 40.6 Å². The van der Waals surface area contributed by atoms with E-state index in [2.05, 4.69) is 4.99 Å². The molecule has 0 saturated carbocycles. The van der Waals surface area contributed by atoms with E-state index in [1.807, 2.05) is 54.6 Å². The Kier molecular flexibility index (Phi) is 3.63. The quantitative estimate of drug-likeness (QED) is 0.497. The van der Waals surface area contributed by atoms with Crippen molar-refractivity contribution >= 4 is 40.3 Å². The number of benzene rings is 3. The highest BCUT2D eigenvalue weighted by atomic mass is 35.5. The van der Waals surface area contributed by atoms with E-state index in [9.17, 15) is 4.79 Å². The van der Waals surface area contributed by atoms with Gasteiger partial charge in [-0.3, -0.25) is 0 Å². The zero-order chi connectivity index (χ0) is 16.5. The minimum Gasteiger partial charge on any atom is -0.402 e. The van der Waals surface area contributed by atoms with Crippen LogP contribution in [0.5, 0.6) is 0 Å². The third-order valence-corrected chi connectivity index (χ3v) is 4.13. The Labute approximate surface area is 143 Å². The Hall–Kier alpha value is -2.91. The lowest BCUT2D eigenvalue weighted by Gasteiger charge is -2.00. The van der Waals surface area contributed by atoms with Gasteiger partial charge in [-0.15, -0.1) is 0 Å². The highest BCUT2D eigenvalue weighted by Gasteiger charge is 2.25. The van der Waals surface area contributed by atoms with Crippen molar-refractivity contribution in [2.45, 2.75) is 0 Å². The van der Waals surface area contributed by atoms with Gasteiger partial charge in [0, 0.05) is 0 Å². The summed E-state index contributed by atoms with van der Waals surface area (Å²) < 4.78 is 5.26. The van der Waals surface area contributed by atoms with Gasteiger partial charge in [-0.1, -0.05) is 60.1 Å². The van der Waals surface area contributed by atoms with Crippen molar-refractivity contribution in [1.82, 2.24) is 0 Å². The Morgan fingerprint density at radius 1 is 0.917 bits per heavy atom. The molecule has 0 radical (unpaired) electrons. The maximum atomic E-state index is 12.1. The first-order valence-electron chi connectivity index (χ1n) is 7.47. The number of rotatable bonds is 2. The fraction of sp³-hybridized carbons (Fsp3) is 0. The predicted octanol–water partition coefficient (Wildman–Crippen LogP) is 4.84. The zero-order valence-electron chi connectivity index (χ0n) is 12.6. The van der Waals surface area contributed by atoms with E-state index < -0.39 is 5.97 Å². The van der Waals surface area contributed by atoms with Crippen LogP contribution in [0, 0.1) is 0 Å². The molecule has 0 aromatic heterocycles. The van der Waals surface area contributed by atoms with E-state index in [0.717, 1.165) is 16.3 Å². The molecular formula is C20H12ClNO2. The van der Waals surface area contributed by atoms with Gasteiger partial charge in [0.15, 0.2) is 5.70 Å². The molecule has 24 heavy (non-hydrogen) atoms. The van der Waals surface area contributed by atoms with Crippen molar-refractivity contribution in [3.05, 3.63) is 88.6 Å². The summed E-state index contributed by atoms with van der Waals surface area (Å²) >= 11 is 6.13. The largest absolute Gasteiger partial charge is 0.402 e. The lowest BCUT2D eigenvalue weighted by Crippen LogP contribution is -2.05. The van der Waals surface area contributed by atoms with Crippen molar-refractivity contribution in [1.29, 1.82) is 0 Å². The van der Waals surface area contributed by atoms with Crippen molar-refractivity contribution in [2.75, 3.05) is 0 Å². The van der Waals surface area contributed by atoms with Gasteiger partial charge in [0.2, 0.25) is 5.90 Å². The molecule has 0 spiro atoms. The number of cyclic esters (lactones) is 1. The number of ether oxygens (including phenoxy) is 1. The van der Waals surface area contributed by atoms with Crippen LogP contribution < -0.4 is 0 Å². The molecular weight excluding hydrogens is 322 g/mol. The molecule has 1 heterocycles. The summed E-state index contributed by atoms with van der Waals surface area (Å²) in [7, 11) is 0. The molecule has 0 bridgehead atoms. The minimum atomic E-state index is -0.474. The maximum absolute atomic E-state index is 12.1. The standard InChI is InChI=1S/C20H12ClNO2/c21-17-8-4-3-7-16(17)19-22-18(20(23)24-19)12-13-9-10-14-5-1-2-6-15(14)11-13/h1-12H/b18-12+. The molecule has 0 atom stereocenters. The van der Waals surface area contributed by atoms with E-state index in [0.29, 0.717) is 10.6 Å². The summed E-state index contributed by atoms with van der Waals surface area (Å²) in [5.74, 6) is -0.240. The first-order chi connectivity index (χ1) is 11.7. The second-order valence-electron chi connectivity index (χ2n) is 5.42. The van der Waals surface area contributed by atoms with Gasteiger partial charge in [-0.25, -0.2) is 9.79 Å². The van der Waals surface area contributed by atoms with Gasteiger partial charge in [0.1, 0.15) is 0 Å². The number of aliphatic imine (C=N–C) groups is 1. The van der Waals surface area contributed by atoms with E-state index in [4.69, 9.17) is 16.3 Å². The van der Waals surface area contributed by atoms with Crippen LogP contribution in [0.3, 0.4) is 0 Å². The molecule has 116 valence electrons. The number of halogens is 1. The monoisotopic (exact) mass is 333 g/mol. The predicted molar refractivity (Wildman–Crippen MR) is 96.0 cm³/mol. The summed E-state index contributed by atoms with van der Waals surface area (Å²) in [6.07, 6.45) is 1.72. The second kappa shape index (κ2) is 5.95. The molecule has 3 aromatic carbocycles. The van der Waals surface area contributed by atoms with Crippen molar-refractivity contribution in [2.24, 2.45) is 4.99 Å². The van der Waals surface area contributed by atoms with E-state index >= 15 is 0 Å². The zero-order valence-corrected chi connectivity index (χ0v) is 13.3. The Morgan fingerprint density at radius 2 is 1.67 bits per heavy atom. The average Bonchev–Trinajstić information content (AvgIpc) is 2.96. The maximum Gasteiger partial charge on any atom is 0.363 e. The Bertz CT molecular complexity index is 1020. The summed E-state index contributed by atoms with van der Waals surface area (Å²) in [6, 6.07) is 21.2. The van der Waals surface area contributed by atoms with E-state index in [1.165, 1.54) is 0 Å². The first-order valence-corrected chi connectivity index (χ1v) is 7.85. The smallest absolute Gasteiger partial charge is 0.363 e. The molecule has 1 aliphatic heterocycles. The minimum absolute atomic E-state index is 0.234. The average molecular weight is 334 g/mol. The molecule has 0 fully saturated rings. The highest BCUT2D eigenvalue weighted by Crippen LogP contribution is 2.24. The van der Waals surface area contributed by atoms with Gasteiger partial charge in [-0.2, -0.15) is 0 Å². The lowest BCUT2D eigenvalue weighted by atomic mass is 10.1. The number of esters is 1. The summed E-state index contributed by atoms with van der Waals surface area (Å²) in [5.41, 5.74) is 1.76. The number of carbonyl (C=O) groups excluding carboxylic acids is 1. The first kappa shape index (κ1) is 14.7. The number of nitrogens with zero attached hydrogens (tertiary/aromatic N) is 1. The van der Waals surface area contributed by atoms with Crippen LogP contribution in [-0.2, 0) is 9.53 Å². The number of fused-ring (bicyclic) bond motifs is 1. The van der Waals surface area contributed by atoms with Crippen molar-refractivity contribution in [3.8, 4) is 0 Å². The van der Waals surface area contributed by atoms with Gasteiger partial charge in [0.25, 0.3) is 0 Å². The number of hydrogen-bond acceptors (Lipinski definition) is 3.